The SMILES string of the molecule is COc1ccc(-c2cc(C(=O)O)n(C3CCS(=O)(=O)C3)n2)cc1. The zero-order chi connectivity index (χ0) is 16.6. The van der Waals surface area contributed by atoms with Crippen molar-refractivity contribution in [2.24, 2.45) is 0 Å². The van der Waals surface area contributed by atoms with Gasteiger partial charge in [0.15, 0.2) is 9.84 Å². The fraction of sp³-hybridized carbons (Fsp3) is 0.333. The van der Waals surface area contributed by atoms with Crippen molar-refractivity contribution in [2.45, 2.75) is 12.5 Å². The van der Waals surface area contributed by atoms with Gasteiger partial charge in [0, 0.05) is 5.56 Å². The third kappa shape index (κ3) is 3.07. The van der Waals surface area contributed by atoms with Gasteiger partial charge in [-0.3, -0.25) is 4.68 Å². The minimum atomic E-state index is -3.12. The van der Waals surface area contributed by atoms with Gasteiger partial charge in [-0.25, -0.2) is 13.2 Å². The fourth-order valence-corrected chi connectivity index (χ4v) is 4.40. The molecule has 1 aliphatic rings. The molecule has 0 aliphatic carbocycles. The van der Waals surface area contributed by atoms with Crippen molar-refractivity contribution >= 4 is 15.8 Å². The Labute approximate surface area is 133 Å². The van der Waals surface area contributed by atoms with Crippen LogP contribution >= 0.6 is 0 Å². The van der Waals surface area contributed by atoms with E-state index in [1.54, 1.807) is 31.4 Å². The normalized spacial score (nSPS) is 19.6. The highest BCUT2D eigenvalue weighted by Crippen LogP contribution is 2.28. The Morgan fingerprint density at radius 2 is 2.04 bits per heavy atom. The van der Waals surface area contributed by atoms with E-state index in [4.69, 9.17) is 4.74 Å². The number of aromatic nitrogens is 2. The van der Waals surface area contributed by atoms with Crippen molar-refractivity contribution in [3.63, 3.8) is 0 Å². The molecule has 2 aromatic rings. The van der Waals surface area contributed by atoms with Gasteiger partial charge < -0.3 is 9.84 Å². The van der Waals surface area contributed by atoms with Crippen LogP contribution in [0.2, 0.25) is 0 Å². The van der Waals surface area contributed by atoms with E-state index in [-0.39, 0.29) is 17.2 Å². The predicted octanol–water partition coefficient (Wildman–Crippen LogP) is 1.62. The molecule has 0 spiro atoms. The molecule has 2 heterocycles. The highest BCUT2D eigenvalue weighted by molar-refractivity contribution is 7.91. The minimum Gasteiger partial charge on any atom is -0.497 e. The summed E-state index contributed by atoms with van der Waals surface area (Å²) in [4.78, 5) is 11.5. The smallest absolute Gasteiger partial charge is 0.354 e. The number of hydrogen-bond donors (Lipinski definition) is 1. The molecule has 1 fully saturated rings. The number of hydrogen-bond acceptors (Lipinski definition) is 5. The maximum absolute atomic E-state index is 11.6. The molecule has 1 unspecified atom stereocenters. The molecule has 8 heteroatoms. The van der Waals surface area contributed by atoms with Crippen molar-refractivity contribution in [2.75, 3.05) is 18.6 Å². The zero-order valence-electron chi connectivity index (χ0n) is 12.5. The number of nitrogens with zero attached hydrogens (tertiary/aromatic N) is 2. The van der Waals surface area contributed by atoms with Gasteiger partial charge in [0.1, 0.15) is 11.4 Å². The molecular formula is C15H16N2O5S. The molecule has 1 aromatic carbocycles. The monoisotopic (exact) mass is 336 g/mol. The van der Waals surface area contributed by atoms with E-state index < -0.39 is 21.8 Å². The molecule has 0 amide bonds. The van der Waals surface area contributed by atoms with E-state index in [1.807, 2.05) is 0 Å². The zero-order valence-corrected chi connectivity index (χ0v) is 13.3. The highest BCUT2D eigenvalue weighted by Gasteiger charge is 2.32. The van der Waals surface area contributed by atoms with Crippen LogP contribution in [-0.4, -0.2) is 47.9 Å². The van der Waals surface area contributed by atoms with Gasteiger partial charge in [0.2, 0.25) is 0 Å². The lowest BCUT2D eigenvalue weighted by molar-refractivity contribution is 0.0681. The summed E-state index contributed by atoms with van der Waals surface area (Å²) in [7, 11) is -1.56. The van der Waals surface area contributed by atoms with Gasteiger partial charge in [-0.05, 0) is 36.8 Å². The van der Waals surface area contributed by atoms with Crippen molar-refractivity contribution in [1.29, 1.82) is 0 Å². The van der Waals surface area contributed by atoms with Crippen molar-refractivity contribution in [1.82, 2.24) is 9.78 Å². The Bertz CT molecular complexity index is 839. The summed E-state index contributed by atoms with van der Waals surface area (Å²) in [6.07, 6.45) is 0.381. The van der Waals surface area contributed by atoms with E-state index in [1.165, 1.54) is 10.7 Å². The molecule has 1 N–H and O–H groups in total. The first kappa shape index (κ1) is 15.5. The number of carbonyl (C=O) groups is 1. The highest BCUT2D eigenvalue weighted by atomic mass is 32.2. The van der Waals surface area contributed by atoms with Gasteiger partial charge in [-0.1, -0.05) is 0 Å². The molecule has 23 heavy (non-hydrogen) atoms. The second kappa shape index (κ2) is 5.69. The number of aromatic carboxylic acids is 1. The van der Waals surface area contributed by atoms with Crippen LogP contribution in [0, 0.1) is 0 Å². The van der Waals surface area contributed by atoms with E-state index in [9.17, 15) is 18.3 Å². The summed E-state index contributed by atoms with van der Waals surface area (Å²) >= 11 is 0. The molecule has 0 saturated carbocycles. The third-order valence-electron chi connectivity index (χ3n) is 3.89. The van der Waals surface area contributed by atoms with Gasteiger partial charge in [-0.2, -0.15) is 5.10 Å². The van der Waals surface area contributed by atoms with Gasteiger partial charge in [0.05, 0.1) is 30.4 Å². The van der Waals surface area contributed by atoms with Crippen molar-refractivity contribution in [3.05, 3.63) is 36.0 Å². The van der Waals surface area contributed by atoms with Gasteiger partial charge in [0.25, 0.3) is 0 Å². The summed E-state index contributed by atoms with van der Waals surface area (Å²) in [5.74, 6) is -0.444. The Hall–Kier alpha value is -2.35. The summed E-state index contributed by atoms with van der Waals surface area (Å²) in [6, 6.07) is 8.11. The number of methoxy groups -OCH3 is 1. The maximum Gasteiger partial charge on any atom is 0.354 e. The van der Waals surface area contributed by atoms with Crippen LogP contribution in [0.4, 0.5) is 0 Å². The van der Waals surface area contributed by atoms with Crippen molar-refractivity contribution < 1.29 is 23.1 Å². The van der Waals surface area contributed by atoms with Crippen LogP contribution in [0.5, 0.6) is 5.75 Å². The third-order valence-corrected chi connectivity index (χ3v) is 5.65. The van der Waals surface area contributed by atoms with E-state index in [0.717, 1.165) is 5.56 Å². The summed E-state index contributed by atoms with van der Waals surface area (Å²) in [6.45, 7) is 0. The average molecular weight is 336 g/mol. The van der Waals surface area contributed by atoms with Crippen LogP contribution in [-0.2, 0) is 9.84 Å². The Kier molecular flexibility index (Phi) is 3.85. The molecule has 1 aromatic heterocycles. The lowest BCUT2D eigenvalue weighted by Crippen LogP contribution is -2.17. The quantitative estimate of drug-likeness (QED) is 0.911. The molecule has 0 bridgehead atoms. The number of sulfone groups is 1. The molecule has 0 radical (unpaired) electrons. The first-order valence-electron chi connectivity index (χ1n) is 7.07. The van der Waals surface area contributed by atoms with Crippen LogP contribution in [0.15, 0.2) is 30.3 Å². The first-order valence-corrected chi connectivity index (χ1v) is 8.89. The standard InChI is InChI=1S/C15H16N2O5S/c1-22-12-4-2-10(3-5-12)13-8-14(15(18)19)17(16-13)11-6-7-23(20,21)9-11/h2-5,8,11H,6-7,9H2,1H3,(H,18,19). The minimum absolute atomic E-state index is 0.00193. The second-order valence-electron chi connectivity index (χ2n) is 5.45. The first-order chi connectivity index (χ1) is 10.9. The van der Waals surface area contributed by atoms with E-state index in [2.05, 4.69) is 5.10 Å². The molecular weight excluding hydrogens is 320 g/mol. The Morgan fingerprint density at radius 1 is 1.35 bits per heavy atom. The summed E-state index contributed by atoms with van der Waals surface area (Å²) in [5.41, 5.74) is 1.24. The number of carboxylic acids is 1. The van der Waals surface area contributed by atoms with Crippen LogP contribution < -0.4 is 4.74 Å². The van der Waals surface area contributed by atoms with Gasteiger partial charge in [-0.15, -0.1) is 0 Å². The predicted molar refractivity (Wildman–Crippen MR) is 83.5 cm³/mol. The van der Waals surface area contributed by atoms with Crippen LogP contribution in [0.1, 0.15) is 23.0 Å². The topological polar surface area (TPSA) is 98.5 Å². The second-order valence-corrected chi connectivity index (χ2v) is 7.68. The average Bonchev–Trinajstić information content (AvgIpc) is 3.11. The molecule has 3 rings (SSSR count). The number of carboxylic acid groups (broad SMARTS) is 1. The molecule has 7 nitrogen and oxygen atoms in total. The van der Waals surface area contributed by atoms with Gasteiger partial charge >= 0.3 is 5.97 Å². The number of benzene rings is 1. The fourth-order valence-electron chi connectivity index (χ4n) is 2.70. The molecule has 1 atom stereocenters. The Morgan fingerprint density at radius 3 is 2.57 bits per heavy atom. The summed E-state index contributed by atoms with van der Waals surface area (Å²) < 4.78 is 29.7. The molecule has 1 aliphatic heterocycles. The van der Waals surface area contributed by atoms with Crippen LogP contribution in [0.3, 0.4) is 0 Å². The lowest BCUT2D eigenvalue weighted by atomic mass is 10.1. The number of rotatable bonds is 4. The molecule has 122 valence electrons. The van der Waals surface area contributed by atoms with E-state index in [0.29, 0.717) is 17.9 Å². The lowest BCUT2D eigenvalue weighted by Gasteiger charge is -2.10. The summed E-state index contributed by atoms with van der Waals surface area (Å²) in [5, 5.41) is 13.7. The van der Waals surface area contributed by atoms with Crippen molar-refractivity contribution in [3.8, 4) is 17.0 Å². The van der Waals surface area contributed by atoms with Crippen LogP contribution in [0.25, 0.3) is 11.3 Å². The number of ether oxygens (including phenoxy) is 1. The van der Waals surface area contributed by atoms with E-state index >= 15 is 0 Å². The molecule has 1 saturated heterocycles. The largest absolute Gasteiger partial charge is 0.497 e. The maximum atomic E-state index is 11.6. The Balaban J connectivity index is 2.00.